The summed E-state index contributed by atoms with van der Waals surface area (Å²) in [7, 11) is 1.62. The van der Waals surface area contributed by atoms with Crippen LogP contribution in [0.25, 0.3) is 0 Å². The van der Waals surface area contributed by atoms with Crippen molar-refractivity contribution < 1.29 is 14.3 Å². The smallest absolute Gasteiger partial charge is 0.274 e. The predicted octanol–water partition coefficient (Wildman–Crippen LogP) is 3.62. The number of rotatable bonds is 7. The molecule has 29 heavy (non-hydrogen) atoms. The summed E-state index contributed by atoms with van der Waals surface area (Å²) in [5.74, 6) is 0.194. The van der Waals surface area contributed by atoms with Gasteiger partial charge in [0, 0.05) is 24.0 Å². The molecule has 0 unspecified atom stereocenters. The maximum absolute atomic E-state index is 12.4. The lowest BCUT2D eigenvalue weighted by atomic mass is 10.1. The Morgan fingerprint density at radius 1 is 1.00 bits per heavy atom. The van der Waals surface area contributed by atoms with E-state index in [2.05, 4.69) is 15.6 Å². The molecular weight excluding hydrogens is 366 g/mol. The summed E-state index contributed by atoms with van der Waals surface area (Å²) in [6, 6.07) is 18.3. The number of benzene rings is 2. The van der Waals surface area contributed by atoms with E-state index in [4.69, 9.17) is 4.74 Å². The number of carbonyl (C=O) groups is 2. The van der Waals surface area contributed by atoms with Crippen molar-refractivity contribution in [3.8, 4) is 5.75 Å². The fourth-order valence-corrected chi connectivity index (χ4v) is 2.83. The first-order chi connectivity index (χ1) is 14.0. The van der Waals surface area contributed by atoms with E-state index < -0.39 is 0 Å². The molecule has 0 saturated carbocycles. The van der Waals surface area contributed by atoms with E-state index in [1.54, 1.807) is 19.2 Å². The number of aromatic nitrogens is 1. The van der Waals surface area contributed by atoms with Gasteiger partial charge >= 0.3 is 0 Å². The third-order valence-corrected chi connectivity index (χ3v) is 4.39. The number of nitrogens with one attached hydrogen (secondary N) is 2. The molecule has 3 aromatic rings. The Morgan fingerprint density at radius 3 is 2.52 bits per heavy atom. The lowest BCUT2D eigenvalue weighted by molar-refractivity contribution is 0.0954. The maximum atomic E-state index is 12.4. The van der Waals surface area contributed by atoms with Crippen LogP contribution in [0.3, 0.4) is 0 Å². The van der Waals surface area contributed by atoms with Gasteiger partial charge in [-0.05, 0) is 60.9 Å². The van der Waals surface area contributed by atoms with Gasteiger partial charge in [0.25, 0.3) is 11.8 Å². The number of nitrogens with zero attached hydrogens (tertiary/aromatic N) is 1. The second-order valence-corrected chi connectivity index (χ2v) is 6.61. The van der Waals surface area contributed by atoms with Crippen molar-refractivity contribution in [2.24, 2.45) is 0 Å². The topological polar surface area (TPSA) is 80.3 Å². The zero-order chi connectivity index (χ0) is 20.6. The highest BCUT2D eigenvalue weighted by molar-refractivity contribution is 6.04. The van der Waals surface area contributed by atoms with Crippen LogP contribution in [0.15, 0.2) is 66.9 Å². The number of pyridine rings is 1. The zero-order valence-electron chi connectivity index (χ0n) is 16.4. The monoisotopic (exact) mass is 389 g/mol. The summed E-state index contributed by atoms with van der Waals surface area (Å²) in [6.45, 7) is 2.43. The van der Waals surface area contributed by atoms with Gasteiger partial charge in [0.15, 0.2) is 0 Å². The average molecular weight is 389 g/mol. The molecule has 0 aliphatic rings. The van der Waals surface area contributed by atoms with Gasteiger partial charge in [0.2, 0.25) is 0 Å². The number of ether oxygens (including phenoxy) is 1. The van der Waals surface area contributed by atoms with Crippen molar-refractivity contribution in [3.05, 3.63) is 89.2 Å². The van der Waals surface area contributed by atoms with Crippen LogP contribution < -0.4 is 15.4 Å². The van der Waals surface area contributed by atoms with Crippen molar-refractivity contribution in [2.75, 3.05) is 19.0 Å². The molecule has 0 bridgehead atoms. The molecule has 0 aliphatic heterocycles. The first-order valence-corrected chi connectivity index (χ1v) is 9.30. The Morgan fingerprint density at radius 2 is 1.79 bits per heavy atom. The van der Waals surface area contributed by atoms with Crippen LogP contribution >= 0.6 is 0 Å². The molecule has 2 aromatic carbocycles. The minimum Gasteiger partial charge on any atom is -0.497 e. The molecule has 0 atom stereocenters. The molecule has 2 N–H and O–H groups in total. The van der Waals surface area contributed by atoms with Gasteiger partial charge in [-0.2, -0.15) is 0 Å². The lowest BCUT2D eigenvalue weighted by Gasteiger charge is -2.08. The molecule has 1 aromatic heterocycles. The highest BCUT2D eigenvalue weighted by Gasteiger charge is 2.12. The summed E-state index contributed by atoms with van der Waals surface area (Å²) >= 11 is 0. The summed E-state index contributed by atoms with van der Waals surface area (Å²) in [4.78, 5) is 28.9. The van der Waals surface area contributed by atoms with Gasteiger partial charge in [0.05, 0.1) is 7.11 Å². The molecule has 0 radical (unpaired) electrons. The van der Waals surface area contributed by atoms with E-state index in [-0.39, 0.29) is 17.5 Å². The van der Waals surface area contributed by atoms with Gasteiger partial charge in [-0.1, -0.05) is 24.3 Å². The number of anilines is 1. The maximum Gasteiger partial charge on any atom is 0.274 e. The minimum absolute atomic E-state index is 0.189. The molecule has 6 nitrogen and oxygen atoms in total. The number of carbonyl (C=O) groups excluding carboxylic acids is 2. The van der Waals surface area contributed by atoms with Crippen LogP contribution in [0.4, 0.5) is 5.69 Å². The third kappa shape index (κ3) is 5.65. The molecule has 3 rings (SSSR count). The van der Waals surface area contributed by atoms with E-state index in [1.165, 1.54) is 12.3 Å². The first-order valence-electron chi connectivity index (χ1n) is 9.30. The molecule has 148 valence electrons. The van der Waals surface area contributed by atoms with Gasteiger partial charge in [-0.25, -0.2) is 0 Å². The number of amides is 2. The first kappa shape index (κ1) is 20.1. The number of methoxy groups -OCH3 is 1. The third-order valence-electron chi connectivity index (χ3n) is 4.39. The molecular formula is C23H23N3O3. The van der Waals surface area contributed by atoms with Crippen molar-refractivity contribution in [1.29, 1.82) is 0 Å². The van der Waals surface area contributed by atoms with Gasteiger partial charge in [0.1, 0.15) is 11.4 Å². The molecule has 6 heteroatoms. The van der Waals surface area contributed by atoms with Crippen LogP contribution in [0.5, 0.6) is 5.75 Å². The standard InChI is InChI=1S/C23H23N3O3/c1-16-4-3-5-19(14-16)26-23(28)21-15-18(11-13-24-21)22(27)25-12-10-17-6-8-20(29-2)9-7-17/h3-9,11,13-15H,10,12H2,1-2H3,(H,25,27)(H,26,28). The van der Waals surface area contributed by atoms with E-state index >= 15 is 0 Å². The normalized spacial score (nSPS) is 10.3. The molecule has 1 heterocycles. The Kier molecular flexibility index (Phi) is 6.58. The number of aryl methyl sites for hydroxylation is 1. The largest absolute Gasteiger partial charge is 0.497 e. The molecule has 2 amide bonds. The van der Waals surface area contributed by atoms with Crippen molar-refractivity contribution in [1.82, 2.24) is 10.3 Å². The van der Waals surface area contributed by atoms with Gasteiger partial charge in [-0.15, -0.1) is 0 Å². The Balaban J connectivity index is 1.57. The van der Waals surface area contributed by atoms with Crippen LogP contribution in [0, 0.1) is 6.92 Å². The zero-order valence-corrected chi connectivity index (χ0v) is 16.4. The molecule has 0 aliphatic carbocycles. The second kappa shape index (κ2) is 9.50. The number of hydrogen-bond acceptors (Lipinski definition) is 4. The summed E-state index contributed by atoms with van der Waals surface area (Å²) in [5.41, 5.74) is 3.41. The van der Waals surface area contributed by atoms with Crippen LogP contribution in [0.1, 0.15) is 32.0 Å². The van der Waals surface area contributed by atoms with Gasteiger partial charge < -0.3 is 15.4 Å². The Hall–Kier alpha value is -3.67. The van der Waals surface area contributed by atoms with Crippen molar-refractivity contribution in [2.45, 2.75) is 13.3 Å². The Bertz CT molecular complexity index is 1000. The van der Waals surface area contributed by atoms with Crippen LogP contribution in [0.2, 0.25) is 0 Å². The van der Waals surface area contributed by atoms with E-state index in [0.717, 1.165) is 16.9 Å². The Labute approximate surface area is 169 Å². The lowest BCUT2D eigenvalue weighted by Crippen LogP contribution is -2.26. The van der Waals surface area contributed by atoms with E-state index in [1.807, 2.05) is 49.4 Å². The predicted molar refractivity (Wildman–Crippen MR) is 112 cm³/mol. The average Bonchev–Trinajstić information content (AvgIpc) is 2.74. The molecule has 0 spiro atoms. The number of hydrogen-bond donors (Lipinski definition) is 2. The summed E-state index contributed by atoms with van der Waals surface area (Å²) in [6.07, 6.45) is 2.16. The highest BCUT2D eigenvalue weighted by Crippen LogP contribution is 2.13. The van der Waals surface area contributed by atoms with E-state index in [0.29, 0.717) is 24.2 Å². The summed E-state index contributed by atoms with van der Waals surface area (Å²) in [5, 5.41) is 5.67. The second-order valence-electron chi connectivity index (χ2n) is 6.61. The fraction of sp³-hybridized carbons (Fsp3) is 0.174. The van der Waals surface area contributed by atoms with Crippen LogP contribution in [-0.2, 0) is 6.42 Å². The van der Waals surface area contributed by atoms with Gasteiger partial charge in [-0.3, -0.25) is 14.6 Å². The van der Waals surface area contributed by atoms with Crippen molar-refractivity contribution >= 4 is 17.5 Å². The van der Waals surface area contributed by atoms with Crippen molar-refractivity contribution in [3.63, 3.8) is 0 Å². The fourth-order valence-electron chi connectivity index (χ4n) is 2.83. The highest BCUT2D eigenvalue weighted by atomic mass is 16.5. The molecule has 0 saturated heterocycles. The summed E-state index contributed by atoms with van der Waals surface area (Å²) < 4.78 is 5.14. The van der Waals surface area contributed by atoms with E-state index in [9.17, 15) is 9.59 Å². The SMILES string of the molecule is COc1ccc(CCNC(=O)c2ccnc(C(=O)Nc3cccc(C)c3)c2)cc1. The quantitative estimate of drug-likeness (QED) is 0.647. The molecule has 0 fully saturated rings. The van der Waals surface area contributed by atoms with Crippen LogP contribution in [-0.4, -0.2) is 30.5 Å². The minimum atomic E-state index is -0.358.